The maximum Gasteiger partial charge on any atom is 0.387 e. The van der Waals surface area contributed by atoms with Gasteiger partial charge in [0.2, 0.25) is 0 Å². The molecule has 1 rings (SSSR count). The Morgan fingerprint density at radius 3 is 2.53 bits per heavy atom. The van der Waals surface area contributed by atoms with Crippen molar-refractivity contribution in [1.29, 1.82) is 0 Å². The van der Waals surface area contributed by atoms with Crippen LogP contribution in [0.5, 0.6) is 5.75 Å². The van der Waals surface area contributed by atoms with Gasteiger partial charge in [-0.3, -0.25) is 0 Å². The SMILES string of the molecule is CC(CO)(CO)NCc1cc(Cl)ccc1OC(F)F. The number of aliphatic hydroxyl groups excluding tert-OH is 2. The van der Waals surface area contributed by atoms with Gasteiger partial charge >= 0.3 is 6.61 Å². The minimum Gasteiger partial charge on any atom is -0.434 e. The molecular formula is C12H16ClF2NO3. The highest BCUT2D eigenvalue weighted by Crippen LogP contribution is 2.25. The van der Waals surface area contributed by atoms with Gasteiger partial charge in [-0.2, -0.15) is 8.78 Å². The molecule has 0 radical (unpaired) electrons. The average Bonchev–Trinajstić information content (AvgIpc) is 2.38. The fourth-order valence-corrected chi connectivity index (χ4v) is 1.56. The average molecular weight is 296 g/mol. The van der Waals surface area contributed by atoms with Crippen LogP contribution >= 0.6 is 11.6 Å². The molecule has 0 amide bonds. The highest BCUT2D eigenvalue weighted by atomic mass is 35.5. The molecule has 7 heteroatoms. The summed E-state index contributed by atoms with van der Waals surface area (Å²) < 4.78 is 28.9. The zero-order valence-electron chi connectivity index (χ0n) is 10.4. The minimum atomic E-state index is -2.93. The lowest BCUT2D eigenvalue weighted by molar-refractivity contribution is -0.0506. The molecule has 4 nitrogen and oxygen atoms in total. The van der Waals surface area contributed by atoms with Crippen LogP contribution in [0.3, 0.4) is 0 Å². The second-order valence-corrected chi connectivity index (χ2v) is 4.80. The topological polar surface area (TPSA) is 61.7 Å². The van der Waals surface area contributed by atoms with Crippen LogP contribution < -0.4 is 10.1 Å². The van der Waals surface area contributed by atoms with Gasteiger partial charge in [0.05, 0.1) is 18.8 Å². The molecule has 0 fully saturated rings. The van der Waals surface area contributed by atoms with Gasteiger partial charge in [-0.05, 0) is 25.1 Å². The Bertz CT molecular complexity index is 414. The molecule has 0 atom stereocenters. The lowest BCUT2D eigenvalue weighted by Gasteiger charge is -2.26. The van der Waals surface area contributed by atoms with Crippen molar-refractivity contribution in [3.8, 4) is 5.75 Å². The molecule has 0 heterocycles. The number of nitrogens with one attached hydrogen (secondary N) is 1. The molecule has 0 saturated heterocycles. The van der Waals surface area contributed by atoms with Crippen LogP contribution in [0.4, 0.5) is 8.78 Å². The van der Waals surface area contributed by atoms with E-state index in [0.29, 0.717) is 10.6 Å². The van der Waals surface area contributed by atoms with E-state index in [1.807, 2.05) is 0 Å². The Hall–Kier alpha value is -0.950. The van der Waals surface area contributed by atoms with E-state index in [9.17, 15) is 8.78 Å². The van der Waals surface area contributed by atoms with Crippen LogP contribution in [-0.2, 0) is 6.54 Å². The van der Waals surface area contributed by atoms with Crippen LogP contribution in [0.25, 0.3) is 0 Å². The van der Waals surface area contributed by atoms with Gasteiger partial charge in [0.25, 0.3) is 0 Å². The van der Waals surface area contributed by atoms with Crippen LogP contribution in [0.1, 0.15) is 12.5 Å². The monoisotopic (exact) mass is 295 g/mol. The van der Waals surface area contributed by atoms with E-state index in [4.69, 9.17) is 21.8 Å². The number of rotatable bonds is 7. The fraction of sp³-hybridized carbons (Fsp3) is 0.500. The van der Waals surface area contributed by atoms with E-state index < -0.39 is 12.2 Å². The number of aliphatic hydroxyl groups is 2. The summed E-state index contributed by atoms with van der Waals surface area (Å²) in [5.41, 5.74) is -0.495. The number of hydrogen-bond acceptors (Lipinski definition) is 4. The van der Waals surface area contributed by atoms with Crippen molar-refractivity contribution in [3.05, 3.63) is 28.8 Å². The van der Waals surface area contributed by atoms with Gasteiger partial charge in [-0.15, -0.1) is 0 Å². The zero-order chi connectivity index (χ0) is 14.5. The summed E-state index contributed by atoms with van der Waals surface area (Å²) in [5.74, 6) is 0.00475. The quantitative estimate of drug-likeness (QED) is 0.717. The van der Waals surface area contributed by atoms with Crippen molar-refractivity contribution in [1.82, 2.24) is 5.32 Å². The van der Waals surface area contributed by atoms with Gasteiger partial charge in [-0.1, -0.05) is 11.6 Å². The van der Waals surface area contributed by atoms with Crippen LogP contribution in [0.15, 0.2) is 18.2 Å². The summed E-state index contributed by atoms with van der Waals surface area (Å²) in [4.78, 5) is 0. The molecule has 0 saturated carbocycles. The Labute approximate surface area is 115 Å². The Morgan fingerprint density at radius 1 is 1.37 bits per heavy atom. The molecule has 0 bridgehead atoms. The molecule has 1 aromatic carbocycles. The van der Waals surface area contributed by atoms with E-state index in [-0.39, 0.29) is 25.5 Å². The number of ether oxygens (including phenoxy) is 1. The molecule has 0 aliphatic carbocycles. The van der Waals surface area contributed by atoms with Crippen molar-refractivity contribution in [2.45, 2.75) is 25.6 Å². The van der Waals surface area contributed by atoms with E-state index in [1.165, 1.54) is 18.2 Å². The summed E-state index contributed by atoms with van der Waals surface area (Å²) in [5, 5.41) is 21.5. The maximum absolute atomic E-state index is 12.3. The number of hydrogen-bond donors (Lipinski definition) is 3. The second kappa shape index (κ2) is 7.00. The minimum absolute atomic E-state index is 0.00475. The number of alkyl halides is 2. The van der Waals surface area contributed by atoms with Gasteiger partial charge < -0.3 is 20.3 Å². The predicted molar refractivity (Wildman–Crippen MR) is 67.5 cm³/mol. The molecule has 0 aromatic heterocycles. The maximum atomic E-state index is 12.3. The molecule has 0 aliphatic rings. The predicted octanol–water partition coefficient (Wildman–Crippen LogP) is 1.77. The normalized spacial score (nSPS) is 11.9. The van der Waals surface area contributed by atoms with Gasteiger partial charge in [0.1, 0.15) is 5.75 Å². The fourth-order valence-electron chi connectivity index (χ4n) is 1.37. The Balaban J connectivity index is 2.83. The highest BCUT2D eigenvalue weighted by Gasteiger charge is 2.22. The molecule has 19 heavy (non-hydrogen) atoms. The van der Waals surface area contributed by atoms with Crippen LogP contribution in [0, 0.1) is 0 Å². The third-order valence-corrected chi connectivity index (χ3v) is 2.88. The molecule has 1 aromatic rings. The first-order valence-electron chi connectivity index (χ1n) is 5.60. The summed E-state index contributed by atoms with van der Waals surface area (Å²) in [6.07, 6.45) is 0. The van der Waals surface area contributed by atoms with Crippen molar-refractivity contribution in [3.63, 3.8) is 0 Å². The summed E-state index contributed by atoms with van der Waals surface area (Å²) >= 11 is 5.80. The largest absolute Gasteiger partial charge is 0.434 e. The van der Waals surface area contributed by atoms with Crippen molar-refractivity contribution < 1.29 is 23.7 Å². The molecule has 0 aliphatic heterocycles. The first-order chi connectivity index (χ1) is 8.90. The lowest BCUT2D eigenvalue weighted by Crippen LogP contribution is -2.48. The molecule has 0 unspecified atom stereocenters. The standard InChI is InChI=1S/C12H16ClF2NO3/c1-12(6-17,7-18)16-5-8-4-9(13)2-3-10(8)19-11(14)15/h2-4,11,16-18H,5-7H2,1H3. The molecule has 108 valence electrons. The Kier molecular flexibility index (Phi) is 5.93. The van der Waals surface area contributed by atoms with Crippen LogP contribution in [0.2, 0.25) is 5.02 Å². The first kappa shape index (κ1) is 16.1. The van der Waals surface area contributed by atoms with Crippen molar-refractivity contribution in [2.24, 2.45) is 0 Å². The molecule has 0 spiro atoms. The highest BCUT2D eigenvalue weighted by molar-refractivity contribution is 6.30. The summed E-state index contributed by atoms with van der Waals surface area (Å²) in [6, 6.07) is 4.28. The number of benzene rings is 1. The van der Waals surface area contributed by atoms with Crippen molar-refractivity contribution in [2.75, 3.05) is 13.2 Å². The lowest BCUT2D eigenvalue weighted by atomic mass is 10.0. The Morgan fingerprint density at radius 2 is 2.00 bits per heavy atom. The van der Waals surface area contributed by atoms with Gasteiger partial charge in [0, 0.05) is 17.1 Å². The van der Waals surface area contributed by atoms with Crippen molar-refractivity contribution >= 4 is 11.6 Å². The second-order valence-electron chi connectivity index (χ2n) is 4.36. The van der Waals surface area contributed by atoms with Crippen LogP contribution in [-0.4, -0.2) is 35.6 Å². The van der Waals surface area contributed by atoms with Gasteiger partial charge in [0.15, 0.2) is 0 Å². The van der Waals surface area contributed by atoms with Gasteiger partial charge in [-0.25, -0.2) is 0 Å². The summed E-state index contributed by atoms with van der Waals surface area (Å²) in [7, 11) is 0. The first-order valence-corrected chi connectivity index (χ1v) is 5.98. The third-order valence-electron chi connectivity index (χ3n) is 2.64. The summed E-state index contributed by atoms with van der Waals surface area (Å²) in [6.45, 7) is -1.79. The van der Waals surface area contributed by atoms with E-state index in [2.05, 4.69) is 10.1 Å². The third kappa shape index (κ3) is 4.91. The molecule has 3 N–H and O–H groups in total. The smallest absolute Gasteiger partial charge is 0.387 e. The van der Waals surface area contributed by atoms with E-state index >= 15 is 0 Å². The zero-order valence-corrected chi connectivity index (χ0v) is 11.1. The van der Waals surface area contributed by atoms with E-state index in [0.717, 1.165) is 0 Å². The number of halogens is 3. The molecular weight excluding hydrogens is 280 g/mol. The van der Waals surface area contributed by atoms with E-state index in [1.54, 1.807) is 6.92 Å².